The highest BCUT2D eigenvalue weighted by Gasteiger charge is 2.49. The van der Waals surface area contributed by atoms with Crippen molar-refractivity contribution in [3.8, 4) is 0 Å². The fourth-order valence-corrected chi connectivity index (χ4v) is 3.32. The molecule has 1 amide bonds. The van der Waals surface area contributed by atoms with Crippen molar-refractivity contribution in [1.82, 2.24) is 9.88 Å². The maximum absolute atomic E-state index is 12.3. The van der Waals surface area contributed by atoms with Crippen LogP contribution in [0.1, 0.15) is 29.8 Å². The van der Waals surface area contributed by atoms with Gasteiger partial charge in [0.25, 0.3) is 5.91 Å². The third-order valence-electron chi connectivity index (χ3n) is 4.45. The van der Waals surface area contributed by atoms with Crippen molar-refractivity contribution in [2.75, 3.05) is 33.4 Å². The minimum Gasteiger partial charge on any atom is -0.385 e. The standard InChI is InChI=1S/C16H22N2O3/c1-20-8-5-13-6-9-21-16(10-13)11-18(12-16)15(19)14-4-2-3-7-17-14/h2-4,7,13H,5-6,8-12H2,1H3/t13-/m0/s1. The summed E-state index contributed by atoms with van der Waals surface area (Å²) < 4.78 is 11.1. The number of rotatable bonds is 4. The van der Waals surface area contributed by atoms with Gasteiger partial charge >= 0.3 is 0 Å². The molecule has 1 atom stereocenters. The number of carbonyl (C=O) groups excluding carboxylic acids is 1. The second-order valence-corrected chi connectivity index (χ2v) is 6.05. The summed E-state index contributed by atoms with van der Waals surface area (Å²) in [6.45, 7) is 2.97. The van der Waals surface area contributed by atoms with E-state index < -0.39 is 0 Å². The molecule has 2 aliphatic heterocycles. The SMILES string of the molecule is COCC[C@H]1CCOC2(C1)CN(C(=O)c1ccccn1)C2. The summed E-state index contributed by atoms with van der Waals surface area (Å²) >= 11 is 0. The number of hydrogen-bond donors (Lipinski definition) is 0. The maximum atomic E-state index is 12.3. The van der Waals surface area contributed by atoms with E-state index in [1.807, 2.05) is 17.0 Å². The second kappa shape index (κ2) is 6.12. The molecule has 0 unspecified atom stereocenters. The van der Waals surface area contributed by atoms with Crippen LogP contribution in [-0.2, 0) is 9.47 Å². The van der Waals surface area contributed by atoms with Crippen LogP contribution in [0.15, 0.2) is 24.4 Å². The first-order valence-electron chi connectivity index (χ1n) is 7.56. The predicted molar refractivity (Wildman–Crippen MR) is 78.0 cm³/mol. The first-order chi connectivity index (χ1) is 10.2. The van der Waals surface area contributed by atoms with Crippen molar-refractivity contribution < 1.29 is 14.3 Å². The van der Waals surface area contributed by atoms with Crippen LogP contribution in [0.25, 0.3) is 0 Å². The topological polar surface area (TPSA) is 51.7 Å². The predicted octanol–water partition coefficient (Wildman–Crippen LogP) is 1.74. The summed E-state index contributed by atoms with van der Waals surface area (Å²) in [6, 6.07) is 5.42. The normalized spacial score (nSPS) is 23.9. The van der Waals surface area contributed by atoms with E-state index in [9.17, 15) is 4.79 Å². The summed E-state index contributed by atoms with van der Waals surface area (Å²) in [4.78, 5) is 18.3. The highest BCUT2D eigenvalue weighted by atomic mass is 16.5. The minimum absolute atomic E-state index is 0.00356. The van der Waals surface area contributed by atoms with Crippen molar-refractivity contribution >= 4 is 5.91 Å². The van der Waals surface area contributed by atoms with Crippen molar-refractivity contribution in [1.29, 1.82) is 0 Å². The van der Waals surface area contributed by atoms with E-state index in [-0.39, 0.29) is 11.5 Å². The molecule has 0 bridgehead atoms. The van der Waals surface area contributed by atoms with Crippen LogP contribution >= 0.6 is 0 Å². The van der Waals surface area contributed by atoms with Gasteiger partial charge in [-0.1, -0.05) is 6.07 Å². The molecule has 0 aromatic carbocycles. The Morgan fingerprint density at radius 2 is 2.38 bits per heavy atom. The van der Waals surface area contributed by atoms with Gasteiger partial charge < -0.3 is 14.4 Å². The molecule has 3 heterocycles. The number of aromatic nitrogens is 1. The zero-order valence-electron chi connectivity index (χ0n) is 12.5. The fraction of sp³-hybridized carbons (Fsp3) is 0.625. The molecule has 0 N–H and O–H groups in total. The van der Waals surface area contributed by atoms with E-state index in [2.05, 4.69) is 4.98 Å². The molecule has 2 fully saturated rings. The third kappa shape index (κ3) is 3.09. The van der Waals surface area contributed by atoms with Crippen LogP contribution < -0.4 is 0 Å². The van der Waals surface area contributed by atoms with Gasteiger partial charge in [0.2, 0.25) is 0 Å². The molecule has 0 aliphatic carbocycles. The first kappa shape index (κ1) is 14.5. The van der Waals surface area contributed by atoms with Crippen LogP contribution in [0.4, 0.5) is 0 Å². The molecule has 3 rings (SSSR count). The molecule has 5 nitrogen and oxygen atoms in total. The van der Waals surface area contributed by atoms with E-state index in [1.54, 1.807) is 19.4 Å². The first-order valence-corrected chi connectivity index (χ1v) is 7.56. The van der Waals surface area contributed by atoms with Crippen LogP contribution in [0, 0.1) is 5.92 Å². The fourth-order valence-electron chi connectivity index (χ4n) is 3.32. The van der Waals surface area contributed by atoms with Gasteiger partial charge in [-0.05, 0) is 37.3 Å². The molecule has 1 aromatic heterocycles. The number of hydrogen-bond acceptors (Lipinski definition) is 4. The number of ether oxygens (including phenoxy) is 2. The monoisotopic (exact) mass is 290 g/mol. The third-order valence-corrected chi connectivity index (χ3v) is 4.45. The summed E-state index contributed by atoms with van der Waals surface area (Å²) in [7, 11) is 1.74. The molecular weight excluding hydrogens is 268 g/mol. The molecule has 0 radical (unpaired) electrons. The lowest BCUT2D eigenvalue weighted by molar-refractivity contribution is -0.167. The lowest BCUT2D eigenvalue weighted by Gasteiger charge is -2.53. The highest BCUT2D eigenvalue weighted by molar-refractivity contribution is 5.93. The zero-order chi connectivity index (χ0) is 14.7. The Hall–Kier alpha value is -1.46. The van der Waals surface area contributed by atoms with Crippen molar-refractivity contribution in [2.24, 2.45) is 5.92 Å². The Bertz CT molecular complexity index is 486. The Balaban J connectivity index is 1.55. The second-order valence-electron chi connectivity index (χ2n) is 6.05. The van der Waals surface area contributed by atoms with E-state index >= 15 is 0 Å². The van der Waals surface area contributed by atoms with Crippen LogP contribution in [-0.4, -0.2) is 54.8 Å². The van der Waals surface area contributed by atoms with Gasteiger partial charge in [0, 0.05) is 26.5 Å². The number of amides is 1. The van der Waals surface area contributed by atoms with Gasteiger partial charge in [-0.3, -0.25) is 9.78 Å². The smallest absolute Gasteiger partial charge is 0.272 e. The Morgan fingerprint density at radius 3 is 3.10 bits per heavy atom. The van der Waals surface area contributed by atoms with Crippen molar-refractivity contribution in [2.45, 2.75) is 24.9 Å². The largest absolute Gasteiger partial charge is 0.385 e. The van der Waals surface area contributed by atoms with Crippen molar-refractivity contribution in [3.05, 3.63) is 30.1 Å². The summed E-state index contributed by atoms with van der Waals surface area (Å²) in [6.07, 6.45) is 4.86. The quantitative estimate of drug-likeness (QED) is 0.847. The zero-order valence-corrected chi connectivity index (χ0v) is 12.5. The molecule has 21 heavy (non-hydrogen) atoms. The number of likely N-dealkylation sites (tertiary alicyclic amines) is 1. The molecular formula is C16H22N2O3. The van der Waals surface area contributed by atoms with E-state index in [0.29, 0.717) is 24.7 Å². The molecule has 114 valence electrons. The number of methoxy groups -OCH3 is 1. The van der Waals surface area contributed by atoms with E-state index in [4.69, 9.17) is 9.47 Å². The molecule has 1 spiro atoms. The molecule has 2 aliphatic rings. The van der Waals surface area contributed by atoms with Gasteiger partial charge in [0.1, 0.15) is 11.3 Å². The lowest BCUT2D eigenvalue weighted by atomic mass is 9.79. The lowest BCUT2D eigenvalue weighted by Crippen LogP contribution is -2.66. The minimum atomic E-state index is -0.124. The number of carbonyl (C=O) groups is 1. The average Bonchev–Trinajstić information content (AvgIpc) is 2.51. The van der Waals surface area contributed by atoms with E-state index in [0.717, 1.165) is 32.5 Å². The van der Waals surface area contributed by atoms with Gasteiger partial charge in [0.05, 0.1) is 13.1 Å². The molecule has 1 aromatic rings. The molecule has 2 saturated heterocycles. The average molecular weight is 290 g/mol. The summed E-state index contributed by atoms with van der Waals surface area (Å²) in [5.41, 5.74) is 0.389. The van der Waals surface area contributed by atoms with Crippen LogP contribution in [0.2, 0.25) is 0 Å². The Morgan fingerprint density at radius 1 is 1.52 bits per heavy atom. The highest BCUT2D eigenvalue weighted by Crippen LogP contribution is 2.38. The van der Waals surface area contributed by atoms with Crippen molar-refractivity contribution in [3.63, 3.8) is 0 Å². The number of nitrogens with zero attached hydrogens (tertiary/aromatic N) is 2. The Kier molecular flexibility index (Phi) is 4.22. The summed E-state index contributed by atoms with van der Waals surface area (Å²) in [5, 5.41) is 0. The van der Waals surface area contributed by atoms with Gasteiger partial charge in [0.15, 0.2) is 0 Å². The van der Waals surface area contributed by atoms with Crippen LogP contribution in [0.5, 0.6) is 0 Å². The summed E-state index contributed by atoms with van der Waals surface area (Å²) in [5.74, 6) is 0.648. The maximum Gasteiger partial charge on any atom is 0.272 e. The number of pyridine rings is 1. The van der Waals surface area contributed by atoms with E-state index in [1.165, 1.54) is 0 Å². The molecule has 5 heteroatoms. The Labute approximate surface area is 125 Å². The molecule has 0 saturated carbocycles. The van der Waals surface area contributed by atoms with Gasteiger partial charge in [-0.15, -0.1) is 0 Å². The van der Waals surface area contributed by atoms with Gasteiger partial charge in [-0.25, -0.2) is 0 Å². The van der Waals surface area contributed by atoms with Gasteiger partial charge in [-0.2, -0.15) is 0 Å². The van der Waals surface area contributed by atoms with Crippen LogP contribution in [0.3, 0.4) is 0 Å².